The van der Waals surface area contributed by atoms with Crippen LogP contribution in [-0.2, 0) is 10.2 Å². The second-order valence-electron chi connectivity index (χ2n) is 4.96. The summed E-state index contributed by atoms with van der Waals surface area (Å²) in [6.45, 7) is 1.29. The summed E-state index contributed by atoms with van der Waals surface area (Å²) in [6, 6.07) is 7.93. The third-order valence-corrected chi connectivity index (χ3v) is 3.79. The minimum atomic E-state index is 0. The molecule has 3 nitrogen and oxygen atoms in total. The van der Waals surface area contributed by atoms with Crippen molar-refractivity contribution in [2.45, 2.75) is 31.1 Å². The molecule has 0 unspecified atom stereocenters. The molecule has 0 aliphatic heterocycles. The van der Waals surface area contributed by atoms with Crippen molar-refractivity contribution in [2.75, 3.05) is 13.1 Å². The molecule has 1 aliphatic carbocycles. The van der Waals surface area contributed by atoms with Gasteiger partial charge in [0, 0.05) is 23.4 Å². The number of benzene rings is 1. The Morgan fingerprint density at radius 3 is 2.47 bits per heavy atom. The van der Waals surface area contributed by atoms with Crippen LogP contribution in [0, 0.1) is 0 Å². The zero-order valence-electron chi connectivity index (χ0n) is 10.8. The summed E-state index contributed by atoms with van der Waals surface area (Å²) in [5.74, 6) is 0.0979. The van der Waals surface area contributed by atoms with Gasteiger partial charge in [-0.15, -0.1) is 12.4 Å². The molecule has 0 aromatic heterocycles. The fraction of sp³-hybridized carbons (Fsp3) is 0.500. The molecular weight excluding hydrogens is 283 g/mol. The SMILES string of the molecule is Cl.NCCCC(=O)NCC1(c2ccc(Cl)cc2)CC1. The van der Waals surface area contributed by atoms with Crippen molar-refractivity contribution in [2.24, 2.45) is 5.73 Å². The highest BCUT2D eigenvalue weighted by atomic mass is 35.5. The molecule has 3 N–H and O–H groups in total. The van der Waals surface area contributed by atoms with Gasteiger partial charge in [-0.25, -0.2) is 0 Å². The molecular formula is C14H20Cl2N2O. The first-order valence-electron chi connectivity index (χ1n) is 6.39. The van der Waals surface area contributed by atoms with E-state index in [1.54, 1.807) is 0 Å². The van der Waals surface area contributed by atoms with Crippen LogP contribution in [0.3, 0.4) is 0 Å². The summed E-state index contributed by atoms with van der Waals surface area (Å²) in [7, 11) is 0. The maximum absolute atomic E-state index is 11.6. The van der Waals surface area contributed by atoms with Gasteiger partial charge in [-0.2, -0.15) is 0 Å². The number of rotatable bonds is 6. The molecule has 19 heavy (non-hydrogen) atoms. The van der Waals surface area contributed by atoms with Crippen LogP contribution < -0.4 is 11.1 Å². The van der Waals surface area contributed by atoms with Crippen molar-refractivity contribution < 1.29 is 4.79 Å². The molecule has 0 spiro atoms. The number of carbonyl (C=O) groups is 1. The molecule has 5 heteroatoms. The first-order valence-corrected chi connectivity index (χ1v) is 6.77. The van der Waals surface area contributed by atoms with E-state index in [9.17, 15) is 4.79 Å². The van der Waals surface area contributed by atoms with Crippen molar-refractivity contribution in [3.8, 4) is 0 Å². The fourth-order valence-electron chi connectivity index (χ4n) is 2.14. The predicted molar refractivity (Wildman–Crippen MR) is 80.9 cm³/mol. The fourth-order valence-corrected chi connectivity index (χ4v) is 2.27. The third-order valence-electron chi connectivity index (χ3n) is 3.54. The molecule has 2 rings (SSSR count). The zero-order valence-corrected chi connectivity index (χ0v) is 12.4. The molecule has 1 aromatic carbocycles. The van der Waals surface area contributed by atoms with Gasteiger partial charge in [0.1, 0.15) is 0 Å². The Kier molecular flexibility index (Phi) is 6.11. The summed E-state index contributed by atoms with van der Waals surface area (Å²) in [6.07, 6.45) is 3.53. The van der Waals surface area contributed by atoms with Gasteiger partial charge in [-0.05, 0) is 43.5 Å². The summed E-state index contributed by atoms with van der Waals surface area (Å²) in [5, 5.41) is 3.76. The lowest BCUT2D eigenvalue weighted by atomic mass is 9.96. The molecule has 0 radical (unpaired) electrons. The molecule has 1 amide bonds. The first kappa shape index (κ1) is 16.3. The minimum Gasteiger partial charge on any atom is -0.355 e. The number of nitrogens with one attached hydrogen (secondary N) is 1. The van der Waals surface area contributed by atoms with E-state index in [-0.39, 0.29) is 23.7 Å². The molecule has 0 heterocycles. The van der Waals surface area contributed by atoms with Crippen molar-refractivity contribution in [3.63, 3.8) is 0 Å². The van der Waals surface area contributed by atoms with Gasteiger partial charge >= 0.3 is 0 Å². The van der Waals surface area contributed by atoms with Gasteiger partial charge in [-0.3, -0.25) is 4.79 Å². The normalized spacial score (nSPS) is 15.5. The molecule has 1 saturated carbocycles. The standard InChI is InChI=1S/C14H19ClN2O.ClH/c15-12-5-3-11(4-6-12)14(7-8-14)10-17-13(18)2-1-9-16;/h3-6H,1-2,7-10,16H2,(H,17,18);1H. The first-order chi connectivity index (χ1) is 8.66. The van der Waals surface area contributed by atoms with Gasteiger partial charge in [0.25, 0.3) is 0 Å². The third kappa shape index (κ3) is 4.37. The Bertz CT molecular complexity index is 416. The highest BCUT2D eigenvalue weighted by Gasteiger charge is 2.44. The number of amides is 1. The summed E-state index contributed by atoms with van der Waals surface area (Å²) < 4.78 is 0. The Hall–Kier alpha value is -0.770. The lowest BCUT2D eigenvalue weighted by Crippen LogP contribution is -2.32. The maximum Gasteiger partial charge on any atom is 0.220 e. The van der Waals surface area contributed by atoms with Gasteiger partial charge in [0.2, 0.25) is 5.91 Å². The van der Waals surface area contributed by atoms with E-state index < -0.39 is 0 Å². The molecule has 106 valence electrons. The van der Waals surface area contributed by atoms with Crippen molar-refractivity contribution >= 4 is 29.9 Å². The Morgan fingerprint density at radius 1 is 1.32 bits per heavy atom. The van der Waals surface area contributed by atoms with E-state index in [2.05, 4.69) is 17.4 Å². The van der Waals surface area contributed by atoms with Crippen LogP contribution in [0.25, 0.3) is 0 Å². The van der Waals surface area contributed by atoms with Crippen LogP contribution in [0.4, 0.5) is 0 Å². The van der Waals surface area contributed by atoms with Gasteiger partial charge in [0.15, 0.2) is 0 Å². The van der Waals surface area contributed by atoms with Crippen LogP contribution in [-0.4, -0.2) is 19.0 Å². The van der Waals surface area contributed by atoms with Crippen LogP contribution in [0.15, 0.2) is 24.3 Å². The van der Waals surface area contributed by atoms with E-state index in [4.69, 9.17) is 17.3 Å². The maximum atomic E-state index is 11.6. The predicted octanol–water partition coefficient (Wildman–Crippen LogP) is 2.65. The molecule has 1 fully saturated rings. The highest BCUT2D eigenvalue weighted by Crippen LogP contribution is 2.47. The lowest BCUT2D eigenvalue weighted by Gasteiger charge is -2.16. The van der Waals surface area contributed by atoms with E-state index in [1.807, 2.05) is 12.1 Å². The van der Waals surface area contributed by atoms with Crippen molar-refractivity contribution in [3.05, 3.63) is 34.9 Å². The van der Waals surface area contributed by atoms with Crippen LogP contribution >= 0.6 is 24.0 Å². The smallest absolute Gasteiger partial charge is 0.220 e. The van der Waals surface area contributed by atoms with Crippen LogP contribution in [0.2, 0.25) is 5.02 Å². The Balaban J connectivity index is 0.00000180. The van der Waals surface area contributed by atoms with E-state index in [0.717, 1.165) is 30.8 Å². The quantitative estimate of drug-likeness (QED) is 0.849. The Morgan fingerprint density at radius 2 is 1.95 bits per heavy atom. The van der Waals surface area contributed by atoms with E-state index in [0.29, 0.717) is 13.0 Å². The van der Waals surface area contributed by atoms with Gasteiger partial charge in [-0.1, -0.05) is 23.7 Å². The second-order valence-corrected chi connectivity index (χ2v) is 5.39. The van der Waals surface area contributed by atoms with Crippen LogP contribution in [0.1, 0.15) is 31.2 Å². The van der Waals surface area contributed by atoms with E-state index >= 15 is 0 Å². The summed E-state index contributed by atoms with van der Waals surface area (Å²) in [5.41, 5.74) is 6.80. The van der Waals surface area contributed by atoms with Gasteiger partial charge < -0.3 is 11.1 Å². The monoisotopic (exact) mass is 302 g/mol. The number of carbonyl (C=O) groups excluding carboxylic acids is 1. The zero-order chi connectivity index (χ0) is 13.0. The molecule has 1 aromatic rings. The molecule has 0 bridgehead atoms. The number of hydrogen-bond acceptors (Lipinski definition) is 2. The lowest BCUT2D eigenvalue weighted by molar-refractivity contribution is -0.121. The number of nitrogens with two attached hydrogens (primary N) is 1. The summed E-state index contributed by atoms with van der Waals surface area (Å²) in [4.78, 5) is 11.6. The number of hydrogen-bond donors (Lipinski definition) is 2. The minimum absolute atomic E-state index is 0. The van der Waals surface area contributed by atoms with Crippen LogP contribution in [0.5, 0.6) is 0 Å². The average Bonchev–Trinajstić information content (AvgIpc) is 3.16. The number of halogens is 2. The average molecular weight is 303 g/mol. The van der Waals surface area contributed by atoms with Crippen molar-refractivity contribution in [1.82, 2.24) is 5.32 Å². The molecule has 1 aliphatic rings. The second kappa shape index (κ2) is 7.13. The summed E-state index contributed by atoms with van der Waals surface area (Å²) >= 11 is 5.89. The van der Waals surface area contributed by atoms with Crippen molar-refractivity contribution in [1.29, 1.82) is 0 Å². The van der Waals surface area contributed by atoms with E-state index in [1.165, 1.54) is 5.56 Å². The Labute approximate surface area is 125 Å². The largest absolute Gasteiger partial charge is 0.355 e. The highest BCUT2D eigenvalue weighted by molar-refractivity contribution is 6.30. The topological polar surface area (TPSA) is 55.1 Å². The molecule has 0 atom stereocenters. The molecule has 0 saturated heterocycles. The van der Waals surface area contributed by atoms with Gasteiger partial charge in [0.05, 0.1) is 0 Å².